The van der Waals surface area contributed by atoms with Crippen LogP contribution in [0.2, 0.25) is 0 Å². The van der Waals surface area contributed by atoms with E-state index in [-0.39, 0.29) is 17.3 Å². The molecule has 1 N–H and O–H groups in total. The monoisotopic (exact) mass is 268 g/mol. The maximum Gasteiger partial charge on any atom is 0.231 e. The van der Waals surface area contributed by atoms with Crippen molar-refractivity contribution in [2.75, 3.05) is 7.11 Å². The number of ketones is 1. The van der Waals surface area contributed by atoms with Crippen LogP contribution >= 0.6 is 0 Å². The third kappa shape index (κ3) is 2.01. The van der Waals surface area contributed by atoms with Crippen molar-refractivity contribution in [3.8, 4) is 17.2 Å². The van der Waals surface area contributed by atoms with E-state index in [1.54, 1.807) is 19.3 Å². The molecule has 100 valence electrons. The van der Waals surface area contributed by atoms with Gasteiger partial charge in [0.15, 0.2) is 5.76 Å². The van der Waals surface area contributed by atoms with Crippen LogP contribution < -0.4 is 9.47 Å². The highest BCUT2D eigenvalue weighted by atomic mass is 16.5. The van der Waals surface area contributed by atoms with Crippen LogP contribution in [0.15, 0.2) is 48.2 Å². The molecule has 0 saturated carbocycles. The van der Waals surface area contributed by atoms with E-state index in [1.807, 2.05) is 24.3 Å². The zero-order chi connectivity index (χ0) is 14.1. The molecule has 0 radical (unpaired) electrons. The summed E-state index contributed by atoms with van der Waals surface area (Å²) in [7, 11) is 1.57. The van der Waals surface area contributed by atoms with Gasteiger partial charge in [-0.2, -0.15) is 0 Å². The van der Waals surface area contributed by atoms with Gasteiger partial charge >= 0.3 is 0 Å². The van der Waals surface area contributed by atoms with E-state index in [9.17, 15) is 9.90 Å². The molecule has 0 aliphatic carbocycles. The van der Waals surface area contributed by atoms with Gasteiger partial charge in [-0.1, -0.05) is 18.2 Å². The van der Waals surface area contributed by atoms with Crippen LogP contribution in [0.4, 0.5) is 0 Å². The van der Waals surface area contributed by atoms with E-state index >= 15 is 0 Å². The standard InChI is InChI=1S/C16H12O4/c1-19-13-5-3-2-4-10(13)8-15-16(18)12-7-6-11(17)9-14(12)20-15/h2-9,17H,1H3/b15-8+. The maximum absolute atomic E-state index is 12.2. The van der Waals surface area contributed by atoms with Gasteiger partial charge in [0.25, 0.3) is 0 Å². The number of benzene rings is 2. The Morgan fingerprint density at radius 2 is 2.00 bits per heavy atom. The normalized spacial score (nSPS) is 15.1. The summed E-state index contributed by atoms with van der Waals surface area (Å²) < 4.78 is 10.7. The molecule has 1 aliphatic rings. The first kappa shape index (κ1) is 12.3. The third-order valence-corrected chi connectivity index (χ3v) is 3.08. The molecule has 0 unspecified atom stereocenters. The highest BCUT2D eigenvalue weighted by Crippen LogP contribution is 2.35. The number of fused-ring (bicyclic) bond motifs is 1. The summed E-state index contributed by atoms with van der Waals surface area (Å²) in [6.45, 7) is 0. The van der Waals surface area contributed by atoms with E-state index in [0.717, 1.165) is 5.56 Å². The summed E-state index contributed by atoms with van der Waals surface area (Å²) in [5.41, 5.74) is 1.21. The summed E-state index contributed by atoms with van der Waals surface area (Å²) in [6.07, 6.45) is 1.64. The summed E-state index contributed by atoms with van der Waals surface area (Å²) in [5.74, 6) is 1.11. The van der Waals surface area contributed by atoms with Gasteiger partial charge in [0, 0.05) is 11.6 Å². The fourth-order valence-electron chi connectivity index (χ4n) is 2.10. The number of aromatic hydroxyl groups is 1. The third-order valence-electron chi connectivity index (χ3n) is 3.08. The van der Waals surface area contributed by atoms with Gasteiger partial charge in [-0.25, -0.2) is 0 Å². The van der Waals surface area contributed by atoms with Crippen molar-refractivity contribution >= 4 is 11.9 Å². The lowest BCUT2D eigenvalue weighted by Gasteiger charge is -2.04. The van der Waals surface area contributed by atoms with Crippen LogP contribution in [-0.4, -0.2) is 18.0 Å². The molecule has 20 heavy (non-hydrogen) atoms. The van der Waals surface area contributed by atoms with Crippen LogP contribution in [0, 0.1) is 0 Å². The Morgan fingerprint density at radius 3 is 2.80 bits per heavy atom. The van der Waals surface area contributed by atoms with Crippen molar-refractivity contribution in [1.29, 1.82) is 0 Å². The molecule has 0 fully saturated rings. The number of para-hydroxylation sites is 1. The number of allylic oxidation sites excluding steroid dienone is 1. The number of methoxy groups -OCH3 is 1. The molecule has 0 atom stereocenters. The molecule has 0 aromatic heterocycles. The maximum atomic E-state index is 12.2. The van der Waals surface area contributed by atoms with E-state index in [0.29, 0.717) is 17.1 Å². The van der Waals surface area contributed by atoms with Gasteiger partial charge in [0.05, 0.1) is 12.7 Å². The largest absolute Gasteiger partial charge is 0.508 e. The molecular formula is C16H12O4. The molecule has 3 rings (SSSR count). The Kier molecular flexibility index (Phi) is 2.91. The fraction of sp³-hybridized carbons (Fsp3) is 0.0625. The number of phenols is 1. The van der Waals surface area contributed by atoms with Crippen LogP contribution in [0.3, 0.4) is 0 Å². The molecule has 0 bridgehead atoms. The fourth-order valence-corrected chi connectivity index (χ4v) is 2.10. The molecule has 2 aromatic carbocycles. The Labute approximate surface area is 115 Å². The first-order valence-corrected chi connectivity index (χ1v) is 6.09. The number of Topliss-reactive ketones (excluding diaryl/α,β-unsaturated/α-hetero) is 1. The summed E-state index contributed by atoms with van der Waals surface area (Å²) in [6, 6.07) is 11.8. The lowest BCUT2D eigenvalue weighted by molar-refractivity contribution is 0.101. The Balaban J connectivity index is 2.01. The van der Waals surface area contributed by atoms with Gasteiger partial charge < -0.3 is 14.6 Å². The van der Waals surface area contributed by atoms with Crippen LogP contribution in [0.1, 0.15) is 15.9 Å². The number of carbonyl (C=O) groups excluding carboxylic acids is 1. The van der Waals surface area contributed by atoms with E-state index in [2.05, 4.69) is 0 Å². The number of phenolic OH excluding ortho intramolecular Hbond substituents is 1. The first-order valence-electron chi connectivity index (χ1n) is 6.09. The first-order chi connectivity index (χ1) is 9.69. The Hall–Kier alpha value is -2.75. The van der Waals surface area contributed by atoms with Crippen molar-refractivity contribution in [2.45, 2.75) is 0 Å². The van der Waals surface area contributed by atoms with Crippen molar-refractivity contribution in [1.82, 2.24) is 0 Å². The van der Waals surface area contributed by atoms with Crippen LogP contribution in [0.5, 0.6) is 17.2 Å². The van der Waals surface area contributed by atoms with Gasteiger partial charge in [-0.3, -0.25) is 4.79 Å². The molecular weight excluding hydrogens is 256 g/mol. The van der Waals surface area contributed by atoms with Crippen molar-refractivity contribution in [2.24, 2.45) is 0 Å². The predicted molar refractivity (Wildman–Crippen MR) is 74.0 cm³/mol. The number of carbonyl (C=O) groups is 1. The summed E-state index contributed by atoms with van der Waals surface area (Å²) in [4.78, 5) is 12.2. The minimum absolute atomic E-state index is 0.0649. The SMILES string of the molecule is COc1ccccc1/C=C1/Oc2cc(O)ccc2C1=O. The van der Waals surface area contributed by atoms with Crippen LogP contribution in [0.25, 0.3) is 6.08 Å². The topological polar surface area (TPSA) is 55.8 Å². The Bertz CT molecular complexity index is 716. The number of hydrogen-bond acceptors (Lipinski definition) is 4. The van der Waals surface area contributed by atoms with Gasteiger partial charge in [-0.15, -0.1) is 0 Å². The second kappa shape index (κ2) is 4.74. The number of hydrogen-bond donors (Lipinski definition) is 1. The number of ether oxygens (including phenoxy) is 2. The van der Waals surface area contributed by atoms with Crippen molar-refractivity contribution in [3.63, 3.8) is 0 Å². The minimum Gasteiger partial charge on any atom is -0.508 e. The smallest absolute Gasteiger partial charge is 0.231 e. The van der Waals surface area contributed by atoms with Gasteiger partial charge in [0.1, 0.15) is 17.2 Å². The van der Waals surface area contributed by atoms with E-state index in [4.69, 9.17) is 9.47 Å². The lowest BCUT2D eigenvalue weighted by Crippen LogP contribution is -1.98. The molecule has 4 nitrogen and oxygen atoms in total. The van der Waals surface area contributed by atoms with Gasteiger partial charge in [0.2, 0.25) is 5.78 Å². The average molecular weight is 268 g/mol. The zero-order valence-corrected chi connectivity index (χ0v) is 10.8. The van der Waals surface area contributed by atoms with E-state index < -0.39 is 0 Å². The second-order valence-electron chi connectivity index (χ2n) is 4.36. The second-order valence-corrected chi connectivity index (χ2v) is 4.36. The minimum atomic E-state index is -0.203. The van der Waals surface area contributed by atoms with Crippen LogP contribution in [-0.2, 0) is 0 Å². The average Bonchev–Trinajstić information content (AvgIpc) is 2.75. The highest BCUT2D eigenvalue weighted by Gasteiger charge is 2.27. The highest BCUT2D eigenvalue weighted by molar-refractivity contribution is 6.14. The molecule has 2 aromatic rings. The molecule has 0 amide bonds. The summed E-state index contributed by atoms with van der Waals surface area (Å²) in [5, 5.41) is 9.41. The molecule has 0 spiro atoms. The van der Waals surface area contributed by atoms with Crippen molar-refractivity contribution < 1.29 is 19.4 Å². The molecule has 1 heterocycles. The molecule has 0 saturated heterocycles. The van der Waals surface area contributed by atoms with Crippen molar-refractivity contribution in [3.05, 3.63) is 59.4 Å². The number of rotatable bonds is 2. The summed E-state index contributed by atoms with van der Waals surface area (Å²) >= 11 is 0. The van der Waals surface area contributed by atoms with E-state index in [1.165, 1.54) is 12.1 Å². The lowest BCUT2D eigenvalue weighted by atomic mass is 10.1. The zero-order valence-electron chi connectivity index (χ0n) is 10.8. The van der Waals surface area contributed by atoms with Gasteiger partial charge in [-0.05, 0) is 24.3 Å². The predicted octanol–water partition coefficient (Wildman–Crippen LogP) is 3.02. The molecule has 1 aliphatic heterocycles. The quantitative estimate of drug-likeness (QED) is 0.851. The Morgan fingerprint density at radius 1 is 1.20 bits per heavy atom. The molecule has 4 heteroatoms.